The minimum Gasteiger partial charge on any atom is -0.469 e. The van der Waals surface area contributed by atoms with E-state index in [0.29, 0.717) is 0 Å². The van der Waals surface area contributed by atoms with Crippen LogP contribution in [0.25, 0.3) is 0 Å². The van der Waals surface area contributed by atoms with Gasteiger partial charge in [0, 0.05) is 6.54 Å². The van der Waals surface area contributed by atoms with E-state index in [9.17, 15) is 35.9 Å². The van der Waals surface area contributed by atoms with E-state index in [1.165, 1.54) is 0 Å². The summed E-state index contributed by atoms with van der Waals surface area (Å²) in [5.74, 6) is -3.67. The van der Waals surface area contributed by atoms with Crippen LogP contribution in [0, 0.1) is 0 Å². The molecule has 0 rings (SSSR count). The summed E-state index contributed by atoms with van der Waals surface area (Å²) in [6.07, 6.45) is -11.2. The van der Waals surface area contributed by atoms with Gasteiger partial charge in [0.25, 0.3) is 0 Å². The van der Waals surface area contributed by atoms with Crippen molar-refractivity contribution in [3.8, 4) is 0 Å². The van der Waals surface area contributed by atoms with Gasteiger partial charge in [-0.05, 0) is 0 Å². The first-order valence-electron chi connectivity index (χ1n) is 4.47. The van der Waals surface area contributed by atoms with Crippen LogP contribution in [0.1, 0.15) is 6.42 Å². The predicted molar refractivity (Wildman–Crippen MR) is 45.3 cm³/mol. The summed E-state index contributed by atoms with van der Waals surface area (Å²) >= 11 is 0. The van der Waals surface area contributed by atoms with Crippen molar-refractivity contribution < 1.29 is 40.7 Å². The number of esters is 1. The van der Waals surface area contributed by atoms with Crippen LogP contribution in [0.4, 0.5) is 26.3 Å². The molecule has 0 radical (unpaired) electrons. The van der Waals surface area contributed by atoms with Crippen molar-refractivity contribution in [2.24, 2.45) is 0 Å². The number of carbonyl (C=O) groups is 2. The summed E-state index contributed by atoms with van der Waals surface area (Å²) in [6.45, 7) is -3.10. The van der Waals surface area contributed by atoms with Crippen LogP contribution in [0.15, 0.2) is 0 Å². The van der Waals surface area contributed by atoms with E-state index >= 15 is 0 Å². The fourth-order valence-electron chi connectivity index (χ4n) is 0.976. The van der Waals surface area contributed by atoms with Crippen molar-refractivity contribution in [1.82, 2.24) is 4.90 Å². The molecule has 0 aromatic carbocycles. The third-order valence-corrected chi connectivity index (χ3v) is 1.71. The van der Waals surface area contributed by atoms with Crippen molar-refractivity contribution in [1.29, 1.82) is 0 Å². The predicted octanol–water partition coefficient (Wildman–Crippen LogP) is 1.50. The van der Waals surface area contributed by atoms with E-state index < -0.39 is 48.6 Å². The fraction of sp³-hybridized carbons (Fsp3) is 0.750. The van der Waals surface area contributed by atoms with E-state index in [0.717, 1.165) is 7.11 Å². The summed E-state index contributed by atoms with van der Waals surface area (Å²) in [5, 5.41) is 0. The number of hydrogen-bond donors (Lipinski definition) is 0. The number of ether oxygens (including phenoxy) is 1. The van der Waals surface area contributed by atoms with Gasteiger partial charge in [0.2, 0.25) is 0 Å². The van der Waals surface area contributed by atoms with Crippen LogP contribution < -0.4 is 0 Å². The normalized spacial score (nSPS) is 12.2. The maximum atomic E-state index is 12.0. The molecule has 0 aromatic rings. The molecule has 0 unspecified atom stereocenters. The molecule has 0 N–H and O–H groups in total. The van der Waals surface area contributed by atoms with Gasteiger partial charge in [-0.25, -0.2) is 0 Å². The van der Waals surface area contributed by atoms with Gasteiger partial charge in [-0.2, -0.15) is 26.3 Å². The molecule has 18 heavy (non-hydrogen) atoms. The van der Waals surface area contributed by atoms with Crippen LogP contribution in [0.5, 0.6) is 0 Å². The molecular formula is C8H9F6NO3. The minimum absolute atomic E-state index is 0.489. The first-order valence-corrected chi connectivity index (χ1v) is 4.47. The number of methoxy groups -OCH3 is 1. The molecule has 0 fully saturated rings. The summed E-state index contributed by atoms with van der Waals surface area (Å²) in [4.78, 5) is 20.8. The molecule has 0 aliphatic rings. The second-order valence-corrected chi connectivity index (χ2v) is 3.17. The number of carbonyl (C=O) groups excluding carboxylic acids is 2. The van der Waals surface area contributed by atoms with Gasteiger partial charge < -0.3 is 9.64 Å². The molecule has 1 amide bonds. The van der Waals surface area contributed by atoms with E-state index in [1.807, 2.05) is 0 Å². The third kappa shape index (κ3) is 6.30. The lowest BCUT2D eigenvalue weighted by atomic mass is 10.3. The molecule has 0 heterocycles. The average Bonchev–Trinajstić information content (AvgIpc) is 2.19. The second kappa shape index (κ2) is 5.91. The molecule has 0 spiro atoms. The van der Waals surface area contributed by atoms with Gasteiger partial charge >= 0.3 is 24.2 Å². The number of rotatable bonds is 4. The summed E-state index contributed by atoms with van der Waals surface area (Å²) in [5.41, 5.74) is 0. The molecule has 4 nitrogen and oxygen atoms in total. The number of halogens is 6. The van der Waals surface area contributed by atoms with E-state index in [1.54, 1.807) is 0 Å². The Hall–Kier alpha value is -1.48. The van der Waals surface area contributed by atoms with Gasteiger partial charge in [0.15, 0.2) is 0 Å². The third-order valence-electron chi connectivity index (χ3n) is 1.71. The Labute approximate surface area is 97.5 Å². The van der Waals surface area contributed by atoms with Crippen molar-refractivity contribution in [3.05, 3.63) is 0 Å². The number of nitrogens with zero attached hydrogens (tertiary/aromatic N) is 1. The van der Waals surface area contributed by atoms with E-state index in [4.69, 9.17) is 0 Å². The Balaban J connectivity index is 4.73. The van der Waals surface area contributed by atoms with Crippen LogP contribution in [0.2, 0.25) is 0 Å². The van der Waals surface area contributed by atoms with Crippen LogP contribution in [0.3, 0.4) is 0 Å². The molecule has 0 saturated carbocycles. The lowest BCUT2D eigenvalue weighted by molar-refractivity contribution is -0.198. The highest BCUT2D eigenvalue weighted by molar-refractivity contribution is 5.82. The zero-order valence-corrected chi connectivity index (χ0v) is 9.06. The fourth-order valence-corrected chi connectivity index (χ4v) is 0.976. The van der Waals surface area contributed by atoms with Gasteiger partial charge in [-0.1, -0.05) is 0 Å². The highest BCUT2D eigenvalue weighted by Crippen LogP contribution is 2.23. The maximum absolute atomic E-state index is 12.0. The second-order valence-electron chi connectivity index (χ2n) is 3.17. The minimum atomic E-state index is -5.43. The van der Waals surface area contributed by atoms with Crippen LogP contribution >= 0.6 is 0 Å². The van der Waals surface area contributed by atoms with Crippen LogP contribution in [-0.4, -0.2) is 49.3 Å². The van der Waals surface area contributed by atoms with Crippen LogP contribution in [-0.2, 0) is 14.3 Å². The molecule has 106 valence electrons. The lowest BCUT2D eigenvalue weighted by Crippen LogP contribution is -2.46. The van der Waals surface area contributed by atoms with Gasteiger partial charge in [0.1, 0.15) is 6.54 Å². The first kappa shape index (κ1) is 16.5. The SMILES string of the molecule is COC(=O)CCN(CC(F)(F)F)C(=O)C(F)(F)F. The van der Waals surface area contributed by atoms with Crippen molar-refractivity contribution >= 4 is 11.9 Å². The van der Waals surface area contributed by atoms with Crippen molar-refractivity contribution in [2.75, 3.05) is 20.2 Å². The number of hydrogen-bond acceptors (Lipinski definition) is 3. The van der Waals surface area contributed by atoms with Gasteiger partial charge in [-0.3, -0.25) is 9.59 Å². The monoisotopic (exact) mass is 281 g/mol. The molecule has 0 bridgehead atoms. The quantitative estimate of drug-likeness (QED) is 0.579. The smallest absolute Gasteiger partial charge is 0.469 e. The number of alkyl halides is 6. The Kier molecular flexibility index (Phi) is 5.43. The summed E-state index contributed by atoms with van der Waals surface area (Å²) in [6, 6.07) is 0. The highest BCUT2D eigenvalue weighted by atomic mass is 19.4. The Bertz CT molecular complexity index is 311. The molecule has 10 heteroatoms. The number of amides is 1. The zero-order valence-electron chi connectivity index (χ0n) is 9.06. The lowest BCUT2D eigenvalue weighted by Gasteiger charge is -2.24. The van der Waals surface area contributed by atoms with Crippen molar-refractivity contribution in [3.63, 3.8) is 0 Å². The largest absolute Gasteiger partial charge is 0.471 e. The van der Waals surface area contributed by atoms with Gasteiger partial charge in [0.05, 0.1) is 13.5 Å². The first-order chi connectivity index (χ1) is 7.97. The standard InChI is InChI=1S/C8H9F6NO3/c1-18-5(16)2-3-15(4-7(9,10)11)6(17)8(12,13)14/h2-4H2,1H3. The molecule has 0 atom stereocenters. The summed E-state index contributed by atoms with van der Waals surface area (Å²) < 4.78 is 76.0. The Morgan fingerprint density at radius 2 is 1.61 bits per heavy atom. The Morgan fingerprint density at radius 3 is 1.94 bits per heavy atom. The van der Waals surface area contributed by atoms with Gasteiger partial charge in [-0.15, -0.1) is 0 Å². The molecule has 0 aromatic heterocycles. The molecule has 0 saturated heterocycles. The van der Waals surface area contributed by atoms with Crippen molar-refractivity contribution in [2.45, 2.75) is 18.8 Å². The van der Waals surface area contributed by atoms with E-state index in [2.05, 4.69) is 4.74 Å². The molecule has 0 aliphatic carbocycles. The topological polar surface area (TPSA) is 46.6 Å². The Morgan fingerprint density at radius 1 is 1.11 bits per heavy atom. The zero-order chi connectivity index (χ0) is 14.6. The highest BCUT2D eigenvalue weighted by Gasteiger charge is 2.45. The maximum Gasteiger partial charge on any atom is 0.471 e. The summed E-state index contributed by atoms with van der Waals surface area (Å²) in [7, 11) is 0.919. The van der Waals surface area contributed by atoms with E-state index in [-0.39, 0.29) is 0 Å². The molecule has 0 aliphatic heterocycles. The molecular weight excluding hydrogens is 272 g/mol. The average molecular weight is 281 g/mol.